The number of aliphatic hydroxyl groups excluding tert-OH is 1. The number of hydrogen-bond donors (Lipinski definition) is 1. The van der Waals surface area contributed by atoms with Crippen LogP contribution in [0.15, 0.2) is 72.6 Å². The Balaban J connectivity index is 1.87. The Kier molecular flexibility index (Phi) is 7.52. The van der Waals surface area contributed by atoms with Crippen molar-refractivity contribution in [3.8, 4) is 11.5 Å². The van der Waals surface area contributed by atoms with Gasteiger partial charge in [0.05, 0.1) is 38.0 Å². The molecule has 9 heteroatoms. The first-order valence-electron chi connectivity index (χ1n) is 11.6. The topological polar surface area (TPSA) is 115 Å². The second kappa shape index (κ2) is 10.9. The molecule has 9 nitrogen and oxygen atoms in total. The van der Waals surface area contributed by atoms with Gasteiger partial charge >= 0.3 is 5.97 Å². The molecule has 2 heterocycles. The van der Waals surface area contributed by atoms with Gasteiger partial charge in [-0.05, 0) is 54.4 Å². The number of rotatable bonds is 8. The highest BCUT2D eigenvalue weighted by molar-refractivity contribution is 6.51. The Labute approximate surface area is 213 Å². The lowest BCUT2D eigenvalue weighted by molar-refractivity contribution is -0.132. The monoisotopic (exact) mass is 502 g/mol. The number of aliphatic hydroxyl groups is 1. The predicted molar refractivity (Wildman–Crippen MR) is 136 cm³/mol. The van der Waals surface area contributed by atoms with Gasteiger partial charge in [-0.15, -0.1) is 0 Å². The molecule has 1 aromatic heterocycles. The molecule has 3 aromatic rings. The molecular formula is C28H26N2O7. The summed E-state index contributed by atoms with van der Waals surface area (Å²) in [4.78, 5) is 44.4. The molecular weight excluding hydrogens is 476 g/mol. The van der Waals surface area contributed by atoms with E-state index in [0.717, 1.165) is 0 Å². The fraction of sp³-hybridized carbons (Fsp3) is 0.214. The Morgan fingerprint density at radius 1 is 1.00 bits per heavy atom. The second-order valence-corrected chi connectivity index (χ2v) is 8.18. The molecule has 0 spiro atoms. The van der Waals surface area contributed by atoms with Crippen molar-refractivity contribution in [1.82, 2.24) is 4.98 Å². The third-order valence-electron chi connectivity index (χ3n) is 5.93. The van der Waals surface area contributed by atoms with E-state index >= 15 is 0 Å². The zero-order valence-corrected chi connectivity index (χ0v) is 20.6. The number of aromatic nitrogens is 1. The molecule has 37 heavy (non-hydrogen) atoms. The van der Waals surface area contributed by atoms with Crippen molar-refractivity contribution in [2.45, 2.75) is 19.4 Å². The number of hydrogen-bond acceptors (Lipinski definition) is 8. The Morgan fingerprint density at radius 2 is 1.68 bits per heavy atom. The number of ketones is 1. The Morgan fingerprint density at radius 3 is 2.24 bits per heavy atom. The van der Waals surface area contributed by atoms with Gasteiger partial charge in [-0.2, -0.15) is 0 Å². The largest absolute Gasteiger partial charge is 0.506 e. The molecule has 0 bridgehead atoms. The number of esters is 1. The van der Waals surface area contributed by atoms with Gasteiger partial charge in [-0.25, -0.2) is 4.79 Å². The fourth-order valence-electron chi connectivity index (χ4n) is 4.21. The number of methoxy groups -OCH3 is 2. The number of benzene rings is 2. The molecule has 1 atom stereocenters. The minimum atomic E-state index is -0.999. The van der Waals surface area contributed by atoms with Gasteiger partial charge in [0.15, 0.2) is 0 Å². The summed E-state index contributed by atoms with van der Waals surface area (Å²) in [6.07, 6.45) is 3.78. The van der Waals surface area contributed by atoms with E-state index in [9.17, 15) is 19.5 Å². The van der Waals surface area contributed by atoms with Crippen LogP contribution in [-0.4, -0.2) is 48.6 Å². The number of ether oxygens (including phenoxy) is 3. The van der Waals surface area contributed by atoms with Crippen molar-refractivity contribution in [3.63, 3.8) is 0 Å². The fourth-order valence-corrected chi connectivity index (χ4v) is 4.21. The molecule has 1 N–H and O–H groups in total. The predicted octanol–water partition coefficient (Wildman–Crippen LogP) is 4.29. The first-order chi connectivity index (χ1) is 17.9. The number of carbonyl (C=O) groups is 3. The maximum Gasteiger partial charge on any atom is 0.338 e. The van der Waals surface area contributed by atoms with Crippen LogP contribution >= 0.6 is 0 Å². The molecule has 1 aliphatic rings. The Bertz CT molecular complexity index is 1330. The van der Waals surface area contributed by atoms with Crippen LogP contribution < -0.4 is 14.4 Å². The second-order valence-electron chi connectivity index (χ2n) is 8.18. The van der Waals surface area contributed by atoms with Gasteiger partial charge in [0, 0.05) is 18.1 Å². The third-order valence-corrected chi connectivity index (χ3v) is 5.93. The highest BCUT2D eigenvalue weighted by Crippen LogP contribution is 2.44. The smallest absolute Gasteiger partial charge is 0.338 e. The van der Waals surface area contributed by atoms with Crippen molar-refractivity contribution in [3.05, 3.63) is 89.3 Å². The SMILES string of the molecule is CCCOC(=O)c1ccc(N2C(=O)C(=O)/C(=C(/O)c3c(OC)cccc3OC)C2c2cccnc2)cc1. The Hall–Kier alpha value is -4.66. The van der Waals surface area contributed by atoms with Crippen LogP contribution in [0.2, 0.25) is 0 Å². The normalized spacial score (nSPS) is 16.5. The molecule has 2 aromatic carbocycles. The molecule has 0 saturated carbocycles. The van der Waals surface area contributed by atoms with E-state index in [0.29, 0.717) is 29.8 Å². The van der Waals surface area contributed by atoms with Crippen molar-refractivity contribution >= 4 is 29.1 Å². The summed E-state index contributed by atoms with van der Waals surface area (Å²) in [5.41, 5.74) is 1.17. The summed E-state index contributed by atoms with van der Waals surface area (Å²) in [5, 5.41) is 11.5. The van der Waals surface area contributed by atoms with E-state index in [-0.39, 0.29) is 22.6 Å². The van der Waals surface area contributed by atoms with Crippen molar-refractivity contribution in [2.75, 3.05) is 25.7 Å². The molecule has 1 fully saturated rings. The molecule has 190 valence electrons. The first-order valence-corrected chi connectivity index (χ1v) is 11.6. The highest BCUT2D eigenvalue weighted by atomic mass is 16.5. The van der Waals surface area contributed by atoms with E-state index in [1.165, 1.54) is 37.4 Å². The van der Waals surface area contributed by atoms with Gasteiger partial charge in [0.1, 0.15) is 22.8 Å². The van der Waals surface area contributed by atoms with Crippen LogP contribution in [0, 0.1) is 0 Å². The van der Waals surface area contributed by atoms with Crippen LogP contribution in [0.5, 0.6) is 11.5 Å². The lowest BCUT2D eigenvalue weighted by atomic mass is 9.95. The lowest BCUT2D eigenvalue weighted by Gasteiger charge is -2.25. The van der Waals surface area contributed by atoms with Gasteiger partial charge in [-0.1, -0.05) is 19.1 Å². The molecule has 1 saturated heterocycles. The molecule has 1 unspecified atom stereocenters. The summed E-state index contributed by atoms with van der Waals surface area (Å²) in [7, 11) is 2.85. The molecule has 4 rings (SSSR count). The third kappa shape index (κ3) is 4.75. The lowest BCUT2D eigenvalue weighted by Crippen LogP contribution is -2.29. The number of nitrogens with zero attached hydrogens (tertiary/aromatic N) is 2. The molecule has 1 aliphatic heterocycles. The van der Waals surface area contributed by atoms with Crippen LogP contribution in [0.1, 0.15) is 40.9 Å². The molecule has 0 aliphatic carbocycles. The first kappa shape index (κ1) is 25.4. The maximum absolute atomic E-state index is 13.4. The van der Waals surface area contributed by atoms with Crippen LogP contribution in [0.4, 0.5) is 5.69 Å². The zero-order valence-electron chi connectivity index (χ0n) is 20.6. The number of carbonyl (C=O) groups excluding carboxylic acids is 3. The average molecular weight is 503 g/mol. The summed E-state index contributed by atoms with van der Waals surface area (Å²) in [6.45, 7) is 2.19. The van der Waals surface area contributed by atoms with Gasteiger partial charge in [-0.3, -0.25) is 19.5 Å². The quantitative estimate of drug-likeness (QED) is 0.210. The number of amides is 1. The number of pyridine rings is 1. The van der Waals surface area contributed by atoms with E-state index in [4.69, 9.17) is 14.2 Å². The molecule has 1 amide bonds. The zero-order chi connectivity index (χ0) is 26.5. The summed E-state index contributed by atoms with van der Waals surface area (Å²) in [6, 6.07) is 13.5. The highest BCUT2D eigenvalue weighted by Gasteiger charge is 2.47. The van der Waals surface area contributed by atoms with Crippen LogP contribution in [0.3, 0.4) is 0 Å². The number of Topliss-reactive ketones (excluding diaryl/α,β-unsaturated/α-hetero) is 1. The van der Waals surface area contributed by atoms with E-state index in [1.807, 2.05) is 6.92 Å². The average Bonchev–Trinajstić information content (AvgIpc) is 3.21. The summed E-state index contributed by atoms with van der Waals surface area (Å²) >= 11 is 0. The maximum atomic E-state index is 13.4. The minimum absolute atomic E-state index is 0.146. The van der Waals surface area contributed by atoms with E-state index in [2.05, 4.69) is 4.98 Å². The van der Waals surface area contributed by atoms with Crippen molar-refractivity contribution < 1.29 is 33.7 Å². The van der Waals surface area contributed by atoms with Gasteiger partial charge < -0.3 is 19.3 Å². The van der Waals surface area contributed by atoms with Crippen molar-refractivity contribution in [2.24, 2.45) is 0 Å². The summed E-state index contributed by atoms with van der Waals surface area (Å²) in [5.74, 6) is -2.12. The van der Waals surface area contributed by atoms with E-state index < -0.39 is 29.5 Å². The van der Waals surface area contributed by atoms with Crippen molar-refractivity contribution in [1.29, 1.82) is 0 Å². The standard InChI is InChI=1S/C28H26N2O7/c1-4-15-37-28(34)17-10-12-19(13-11-17)30-24(18-7-6-14-29-16-18)23(26(32)27(30)33)25(31)22-20(35-2)8-5-9-21(22)36-3/h5-14,16,24,31H,4,15H2,1-3H3/b25-23+. The molecule has 0 radical (unpaired) electrons. The van der Waals surface area contributed by atoms with Crippen LogP contribution in [-0.2, 0) is 14.3 Å². The van der Waals surface area contributed by atoms with Gasteiger partial charge in [0.2, 0.25) is 0 Å². The van der Waals surface area contributed by atoms with Gasteiger partial charge in [0.25, 0.3) is 11.7 Å². The van der Waals surface area contributed by atoms with E-state index in [1.54, 1.807) is 48.7 Å². The number of anilines is 1. The van der Waals surface area contributed by atoms with Crippen LogP contribution in [0.25, 0.3) is 5.76 Å². The summed E-state index contributed by atoms with van der Waals surface area (Å²) < 4.78 is 16.0. The minimum Gasteiger partial charge on any atom is -0.506 e.